The molecule has 0 radical (unpaired) electrons. The summed E-state index contributed by atoms with van der Waals surface area (Å²) in [4.78, 5) is 31.7. The van der Waals surface area contributed by atoms with Gasteiger partial charge in [-0.05, 0) is 29.8 Å². The number of nitro benzene ring substituents is 1. The Balaban J connectivity index is 1.46. The fourth-order valence-electron chi connectivity index (χ4n) is 3.94. The van der Waals surface area contributed by atoms with Gasteiger partial charge in [0.1, 0.15) is 17.5 Å². The Kier molecular flexibility index (Phi) is 6.33. The van der Waals surface area contributed by atoms with E-state index < -0.39 is 11.0 Å². The van der Waals surface area contributed by atoms with Crippen LogP contribution in [-0.2, 0) is 0 Å². The number of aromatic nitrogens is 2. The van der Waals surface area contributed by atoms with Gasteiger partial charge in [-0.1, -0.05) is 12.1 Å². The number of amides is 1. The molecule has 1 aliphatic heterocycles. The highest BCUT2D eigenvalue weighted by Crippen LogP contribution is 2.27. The average molecular weight is 446 g/mol. The number of hydrogen-bond acceptors (Lipinski definition) is 7. The lowest BCUT2D eigenvalue weighted by Crippen LogP contribution is -2.49. The Morgan fingerprint density at radius 1 is 1.18 bits per heavy atom. The minimum Gasteiger partial charge on any atom is -0.497 e. The van der Waals surface area contributed by atoms with E-state index in [1.807, 2.05) is 29.2 Å². The van der Waals surface area contributed by atoms with Gasteiger partial charge in [-0.3, -0.25) is 19.8 Å². The van der Waals surface area contributed by atoms with Crippen LogP contribution in [0, 0.1) is 21.4 Å². The van der Waals surface area contributed by atoms with Crippen LogP contribution in [0.4, 0.5) is 5.69 Å². The van der Waals surface area contributed by atoms with Gasteiger partial charge in [-0.25, -0.2) is 4.98 Å². The van der Waals surface area contributed by atoms with E-state index in [1.165, 1.54) is 23.2 Å². The van der Waals surface area contributed by atoms with E-state index in [2.05, 4.69) is 11.1 Å². The first kappa shape index (κ1) is 22.0. The highest BCUT2D eigenvalue weighted by atomic mass is 16.6. The first-order chi connectivity index (χ1) is 16.0. The number of benzene rings is 2. The number of nitriles is 1. The molecule has 1 aliphatic rings. The quantitative estimate of drug-likeness (QED) is 0.422. The van der Waals surface area contributed by atoms with Gasteiger partial charge in [0.15, 0.2) is 0 Å². The molecule has 1 unspecified atom stereocenters. The van der Waals surface area contributed by atoms with Crippen molar-refractivity contribution in [1.82, 2.24) is 19.4 Å². The van der Waals surface area contributed by atoms with Gasteiger partial charge < -0.3 is 14.2 Å². The molecule has 1 saturated heterocycles. The Hall–Kier alpha value is -4.23. The molecule has 0 bridgehead atoms. The number of piperazine rings is 1. The maximum absolute atomic E-state index is 13.0. The number of methoxy groups -OCH3 is 1. The number of nitro groups is 1. The van der Waals surface area contributed by atoms with Gasteiger partial charge in [0.25, 0.3) is 11.6 Å². The molecule has 168 valence electrons. The molecule has 3 aromatic rings. The molecule has 0 spiro atoms. The summed E-state index contributed by atoms with van der Waals surface area (Å²) in [6.07, 6.45) is 4.61. The monoisotopic (exact) mass is 446 g/mol. The third kappa shape index (κ3) is 4.53. The van der Waals surface area contributed by atoms with Crippen molar-refractivity contribution in [2.75, 3.05) is 33.3 Å². The lowest BCUT2D eigenvalue weighted by molar-refractivity contribution is -0.384. The van der Waals surface area contributed by atoms with Gasteiger partial charge in [0.2, 0.25) is 0 Å². The highest BCUT2D eigenvalue weighted by molar-refractivity contribution is 5.95. The van der Waals surface area contributed by atoms with Crippen molar-refractivity contribution in [1.29, 1.82) is 5.26 Å². The Morgan fingerprint density at radius 3 is 2.48 bits per heavy atom. The third-order valence-corrected chi connectivity index (χ3v) is 5.72. The topological polar surface area (TPSA) is 118 Å². The molecular formula is C23H22N6O4. The molecule has 2 aromatic carbocycles. The van der Waals surface area contributed by atoms with Crippen molar-refractivity contribution >= 4 is 11.6 Å². The maximum Gasteiger partial charge on any atom is 0.294 e. The van der Waals surface area contributed by atoms with Crippen LogP contribution in [0.1, 0.15) is 22.0 Å². The summed E-state index contributed by atoms with van der Waals surface area (Å²) in [5, 5.41) is 21.3. The van der Waals surface area contributed by atoms with E-state index in [-0.39, 0.29) is 17.2 Å². The number of rotatable bonds is 6. The van der Waals surface area contributed by atoms with Crippen LogP contribution >= 0.6 is 0 Å². The molecule has 2 heterocycles. The SMILES string of the molecule is COc1ccc(C(C#N)N2CCN(C(=O)c3ccc(-n4ccnc4)c([N+](=O)[O-])c3)CC2)cc1. The zero-order valence-corrected chi connectivity index (χ0v) is 18.0. The number of hydrogen-bond donors (Lipinski definition) is 0. The summed E-state index contributed by atoms with van der Waals surface area (Å²) in [5.74, 6) is 0.451. The summed E-state index contributed by atoms with van der Waals surface area (Å²) in [6.45, 7) is 1.88. The molecule has 1 atom stereocenters. The normalized spacial score (nSPS) is 15.0. The molecule has 33 heavy (non-hydrogen) atoms. The average Bonchev–Trinajstić information content (AvgIpc) is 3.39. The number of imidazole rings is 1. The molecule has 4 rings (SSSR count). The molecule has 1 amide bonds. The number of carbonyl (C=O) groups excluding carboxylic acids is 1. The standard InChI is InChI=1S/C23H22N6O4/c1-33-19-5-2-17(3-6-19)22(15-24)26-10-12-27(13-11-26)23(30)18-4-7-20(21(14-18)29(31)32)28-9-8-25-16-28/h2-9,14,16,22H,10-13H2,1H3. The number of ether oxygens (including phenoxy) is 1. The molecule has 10 nitrogen and oxygen atoms in total. The molecule has 1 aromatic heterocycles. The molecule has 10 heteroatoms. The van der Waals surface area contributed by atoms with Crippen molar-refractivity contribution in [2.24, 2.45) is 0 Å². The first-order valence-electron chi connectivity index (χ1n) is 10.4. The van der Waals surface area contributed by atoms with Gasteiger partial charge in [-0.15, -0.1) is 0 Å². The van der Waals surface area contributed by atoms with Crippen LogP contribution in [-0.4, -0.2) is 63.5 Å². The summed E-state index contributed by atoms with van der Waals surface area (Å²) in [6, 6.07) is 13.7. The second kappa shape index (κ2) is 9.50. The maximum atomic E-state index is 13.0. The number of nitrogens with zero attached hydrogens (tertiary/aromatic N) is 6. The number of carbonyl (C=O) groups is 1. The minimum absolute atomic E-state index is 0.165. The van der Waals surface area contributed by atoms with Gasteiger partial charge in [0.05, 0.1) is 24.4 Å². The van der Waals surface area contributed by atoms with Crippen LogP contribution in [0.2, 0.25) is 0 Å². The van der Waals surface area contributed by atoms with Crippen LogP contribution in [0.5, 0.6) is 5.75 Å². The van der Waals surface area contributed by atoms with Crippen molar-refractivity contribution in [3.8, 4) is 17.5 Å². The highest BCUT2D eigenvalue weighted by Gasteiger charge is 2.28. The van der Waals surface area contributed by atoms with E-state index in [4.69, 9.17) is 4.74 Å². The van der Waals surface area contributed by atoms with E-state index in [0.717, 1.165) is 11.3 Å². The summed E-state index contributed by atoms with van der Waals surface area (Å²) in [5.41, 5.74) is 1.30. The molecular weight excluding hydrogens is 424 g/mol. The Morgan fingerprint density at radius 2 is 1.91 bits per heavy atom. The van der Waals surface area contributed by atoms with Gasteiger partial charge in [-0.2, -0.15) is 5.26 Å². The lowest BCUT2D eigenvalue weighted by Gasteiger charge is -2.37. The van der Waals surface area contributed by atoms with E-state index >= 15 is 0 Å². The van der Waals surface area contributed by atoms with Crippen molar-refractivity contribution in [3.05, 3.63) is 82.4 Å². The van der Waals surface area contributed by atoms with E-state index in [1.54, 1.807) is 30.3 Å². The zero-order chi connectivity index (χ0) is 23.4. The fourth-order valence-corrected chi connectivity index (χ4v) is 3.94. The minimum atomic E-state index is -0.504. The predicted octanol–water partition coefficient (Wildman–Crippen LogP) is 2.81. The molecule has 0 N–H and O–H groups in total. The van der Waals surface area contributed by atoms with Crippen LogP contribution < -0.4 is 4.74 Å². The van der Waals surface area contributed by atoms with Crippen LogP contribution in [0.15, 0.2) is 61.2 Å². The molecule has 0 saturated carbocycles. The first-order valence-corrected chi connectivity index (χ1v) is 10.4. The summed E-state index contributed by atoms with van der Waals surface area (Å²) in [7, 11) is 1.59. The van der Waals surface area contributed by atoms with E-state index in [9.17, 15) is 20.2 Å². The van der Waals surface area contributed by atoms with Crippen molar-refractivity contribution in [2.45, 2.75) is 6.04 Å². The Bertz CT molecular complexity index is 1180. The van der Waals surface area contributed by atoms with E-state index in [0.29, 0.717) is 31.9 Å². The van der Waals surface area contributed by atoms with Gasteiger partial charge >= 0.3 is 0 Å². The lowest BCUT2D eigenvalue weighted by atomic mass is 10.0. The predicted molar refractivity (Wildman–Crippen MR) is 119 cm³/mol. The fraction of sp³-hybridized carbons (Fsp3) is 0.261. The van der Waals surface area contributed by atoms with Gasteiger partial charge in [0, 0.05) is 50.2 Å². The van der Waals surface area contributed by atoms with Crippen LogP contribution in [0.25, 0.3) is 5.69 Å². The second-order valence-corrected chi connectivity index (χ2v) is 7.56. The molecule has 1 fully saturated rings. The second-order valence-electron chi connectivity index (χ2n) is 7.56. The smallest absolute Gasteiger partial charge is 0.294 e. The largest absolute Gasteiger partial charge is 0.497 e. The summed E-state index contributed by atoms with van der Waals surface area (Å²) >= 11 is 0. The Labute approximate surface area is 190 Å². The van der Waals surface area contributed by atoms with Crippen LogP contribution in [0.3, 0.4) is 0 Å². The molecule has 0 aliphatic carbocycles. The summed E-state index contributed by atoms with van der Waals surface area (Å²) < 4.78 is 6.71. The van der Waals surface area contributed by atoms with Crippen molar-refractivity contribution in [3.63, 3.8) is 0 Å². The third-order valence-electron chi connectivity index (χ3n) is 5.72. The zero-order valence-electron chi connectivity index (χ0n) is 18.0. The van der Waals surface area contributed by atoms with Crippen molar-refractivity contribution < 1.29 is 14.5 Å².